The smallest absolute Gasteiger partial charge is 0.129 e. The van der Waals surface area contributed by atoms with E-state index in [1.54, 1.807) is 0 Å². The van der Waals surface area contributed by atoms with Gasteiger partial charge in [0.05, 0.1) is 0 Å². The first kappa shape index (κ1) is 11.4. The molecule has 2 aliphatic heterocycles. The maximum absolute atomic E-state index is 6.12. The number of fused-ring (bicyclic) bond motifs is 1. The molecule has 2 aliphatic rings. The second-order valence-electron chi connectivity index (χ2n) is 5.48. The molecule has 1 saturated heterocycles. The lowest BCUT2D eigenvalue weighted by Crippen LogP contribution is -2.37. The summed E-state index contributed by atoms with van der Waals surface area (Å²) in [5, 5.41) is 0. The molecule has 0 atom stereocenters. The molecule has 0 bridgehead atoms. The Morgan fingerprint density at radius 3 is 2.72 bits per heavy atom. The van der Waals surface area contributed by atoms with Gasteiger partial charge in [0.2, 0.25) is 0 Å². The van der Waals surface area contributed by atoms with Gasteiger partial charge in [-0.1, -0.05) is 12.7 Å². The average molecular weight is 241 g/mol. The van der Waals surface area contributed by atoms with Crippen molar-refractivity contribution in [2.24, 2.45) is 0 Å². The zero-order valence-corrected chi connectivity index (χ0v) is 11.1. The van der Waals surface area contributed by atoms with E-state index in [9.17, 15) is 0 Å². The van der Waals surface area contributed by atoms with Crippen molar-refractivity contribution in [3.63, 3.8) is 0 Å². The van der Waals surface area contributed by atoms with Gasteiger partial charge in [0, 0.05) is 30.4 Å². The summed E-state index contributed by atoms with van der Waals surface area (Å²) >= 11 is 0. The van der Waals surface area contributed by atoms with E-state index in [1.807, 2.05) is 6.08 Å². The fourth-order valence-corrected chi connectivity index (χ4v) is 2.48. The first-order valence-electron chi connectivity index (χ1n) is 6.53. The van der Waals surface area contributed by atoms with Crippen LogP contribution in [0.3, 0.4) is 0 Å². The third-order valence-electron chi connectivity index (χ3n) is 3.81. The number of ether oxygens (including phenoxy) is 1. The van der Waals surface area contributed by atoms with Crippen LogP contribution < -0.4 is 9.64 Å². The fraction of sp³-hybridized carbons (Fsp3) is 0.375. The second kappa shape index (κ2) is 3.91. The zero-order chi connectivity index (χ0) is 12.8. The van der Waals surface area contributed by atoms with Crippen molar-refractivity contribution in [2.75, 3.05) is 18.0 Å². The van der Waals surface area contributed by atoms with E-state index in [4.69, 9.17) is 4.74 Å². The Labute approximate surface area is 109 Å². The Kier molecular flexibility index (Phi) is 2.47. The fourth-order valence-electron chi connectivity index (χ4n) is 2.48. The summed E-state index contributed by atoms with van der Waals surface area (Å²) in [4.78, 5) is 2.38. The van der Waals surface area contributed by atoms with E-state index in [2.05, 4.69) is 49.6 Å². The first-order valence-corrected chi connectivity index (χ1v) is 6.53. The van der Waals surface area contributed by atoms with E-state index in [-0.39, 0.29) is 5.60 Å². The SMILES string of the molecule is C=CC1=Cc2ccc(N3CCC3)cc2OC1(C)C. The topological polar surface area (TPSA) is 12.5 Å². The molecule has 2 heterocycles. The number of hydrogen-bond acceptors (Lipinski definition) is 2. The van der Waals surface area contributed by atoms with Gasteiger partial charge in [-0.2, -0.15) is 0 Å². The molecule has 1 aromatic rings. The van der Waals surface area contributed by atoms with E-state index in [0.717, 1.165) is 30.0 Å². The molecule has 1 fully saturated rings. The summed E-state index contributed by atoms with van der Waals surface area (Å²) in [5.74, 6) is 0.981. The third kappa shape index (κ3) is 1.72. The van der Waals surface area contributed by atoms with E-state index >= 15 is 0 Å². The maximum Gasteiger partial charge on any atom is 0.129 e. The van der Waals surface area contributed by atoms with Gasteiger partial charge >= 0.3 is 0 Å². The van der Waals surface area contributed by atoms with E-state index < -0.39 is 0 Å². The highest BCUT2D eigenvalue weighted by molar-refractivity contribution is 5.70. The molecule has 2 nitrogen and oxygen atoms in total. The van der Waals surface area contributed by atoms with Crippen molar-refractivity contribution >= 4 is 11.8 Å². The Morgan fingerprint density at radius 2 is 2.11 bits per heavy atom. The molecule has 0 N–H and O–H groups in total. The van der Waals surface area contributed by atoms with Gasteiger partial charge in [-0.3, -0.25) is 0 Å². The number of anilines is 1. The molecule has 0 saturated carbocycles. The minimum absolute atomic E-state index is 0.289. The molecule has 0 radical (unpaired) electrons. The molecule has 3 rings (SSSR count). The predicted octanol–water partition coefficient (Wildman–Crippen LogP) is 3.64. The van der Waals surface area contributed by atoms with Crippen LogP contribution in [0.2, 0.25) is 0 Å². The Morgan fingerprint density at radius 1 is 1.33 bits per heavy atom. The molecule has 1 aromatic carbocycles. The van der Waals surface area contributed by atoms with Gasteiger partial charge in [0.25, 0.3) is 0 Å². The van der Waals surface area contributed by atoms with Crippen LogP contribution in [0.1, 0.15) is 25.8 Å². The summed E-state index contributed by atoms with van der Waals surface area (Å²) in [6.45, 7) is 10.4. The third-order valence-corrected chi connectivity index (χ3v) is 3.81. The van der Waals surface area contributed by atoms with Crippen molar-refractivity contribution in [2.45, 2.75) is 25.9 Å². The summed E-state index contributed by atoms with van der Waals surface area (Å²) in [6.07, 6.45) is 5.35. The number of nitrogens with zero attached hydrogens (tertiary/aromatic N) is 1. The van der Waals surface area contributed by atoms with Crippen LogP contribution in [0.25, 0.3) is 6.08 Å². The standard InChI is InChI=1S/C16H19NO/c1-4-13-10-12-6-7-14(17-8-5-9-17)11-15(12)18-16(13,2)3/h4,6-7,10-11H,1,5,8-9H2,2-3H3. The van der Waals surface area contributed by atoms with Gasteiger partial charge < -0.3 is 9.64 Å². The second-order valence-corrected chi connectivity index (χ2v) is 5.48. The van der Waals surface area contributed by atoms with Crippen LogP contribution in [0.5, 0.6) is 5.75 Å². The number of hydrogen-bond donors (Lipinski definition) is 0. The maximum atomic E-state index is 6.12. The van der Waals surface area contributed by atoms with Crippen LogP contribution >= 0.6 is 0 Å². The highest BCUT2D eigenvalue weighted by atomic mass is 16.5. The summed E-state index contributed by atoms with van der Waals surface area (Å²) in [5.41, 5.74) is 3.26. The molecule has 2 heteroatoms. The first-order chi connectivity index (χ1) is 8.60. The van der Waals surface area contributed by atoms with Crippen LogP contribution in [-0.4, -0.2) is 18.7 Å². The van der Waals surface area contributed by atoms with Crippen LogP contribution in [0.15, 0.2) is 36.4 Å². The minimum Gasteiger partial charge on any atom is -0.482 e. The molecular weight excluding hydrogens is 222 g/mol. The Bertz CT molecular complexity index is 524. The van der Waals surface area contributed by atoms with Gasteiger partial charge in [0.1, 0.15) is 11.4 Å². The predicted molar refractivity (Wildman–Crippen MR) is 76.2 cm³/mol. The Hall–Kier alpha value is -1.70. The van der Waals surface area contributed by atoms with Crippen LogP contribution in [0.4, 0.5) is 5.69 Å². The van der Waals surface area contributed by atoms with E-state index in [1.165, 1.54) is 12.1 Å². The normalized spacial score (nSPS) is 20.3. The van der Waals surface area contributed by atoms with Gasteiger partial charge in [-0.15, -0.1) is 0 Å². The summed E-state index contributed by atoms with van der Waals surface area (Å²) in [6, 6.07) is 6.48. The largest absolute Gasteiger partial charge is 0.482 e. The quantitative estimate of drug-likeness (QED) is 0.784. The van der Waals surface area contributed by atoms with Crippen LogP contribution in [-0.2, 0) is 0 Å². The highest BCUT2D eigenvalue weighted by Crippen LogP contribution is 2.38. The summed E-state index contributed by atoms with van der Waals surface area (Å²) in [7, 11) is 0. The number of benzene rings is 1. The van der Waals surface area contributed by atoms with E-state index in [0.29, 0.717) is 0 Å². The van der Waals surface area contributed by atoms with Gasteiger partial charge in [0.15, 0.2) is 0 Å². The molecule has 0 spiro atoms. The van der Waals surface area contributed by atoms with Gasteiger partial charge in [-0.05, 0) is 44.1 Å². The monoisotopic (exact) mass is 241 g/mol. The molecule has 18 heavy (non-hydrogen) atoms. The molecule has 94 valence electrons. The molecule has 0 aliphatic carbocycles. The number of rotatable bonds is 2. The van der Waals surface area contributed by atoms with Crippen molar-refractivity contribution in [1.82, 2.24) is 0 Å². The highest BCUT2D eigenvalue weighted by Gasteiger charge is 2.29. The van der Waals surface area contributed by atoms with Crippen molar-refractivity contribution in [1.29, 1.82) is 0 Å². The zero-order valence-electron chi connectivity index (χ0n) is 11.1. The minimum atomic E-state index is -0.289. The van der Waals surface area contributed by atoms with Crippen molar-refractivity contribution in [3.05, 3.63) is 42.0 Å². The molecule has 0 unspecified atom stereocenters. The lowest BCUT2D eigenvalue weighted by Gasteiger charge is -2.36. The van der Waals surface area contributed by atoms with Crippen molar-refractivity contribution in [3.8, 4) is 5.75 Å². The van der Waals surface area contributed by atoms with Gasteiger partial charge in [-0.25, -0.2) is 0 Å². The van der Waals surface area contributed by atoms with Crippen LogP contribution in [0, 0.1) is 0 Å². The molecule has 0 aromatic heterocycles. The van der Waals surface area contributed by atoms with Crippen molar-refractivity contribution < 1.29 is 4.74 Å². The molecular formula is C16H19NO. The Balaban J connectivity index is 2.01. The lowest BCUT2D eigenvalue weighted by atomic mass is 9.92. The average Bonchev–Trinajstić information content (AvgIpc) is 2.24. The molecule has 0 amide bonds. The summed E-state index contributed by atoms with van der Waals surface area (Å²) < 4.78 is 6.12. The lowest BCUT2D eigenvalue weighted by molar-refractivity contribution is 0.149.